The Morgan fingerprint density at radius 1 is 0.392 bits per heavy atom. The van der Waals surface area contributed by atoms with E-state index in [1.807, 2.05) is 11.3 Å². The molecule has 0 radical (unpaired) electrons. The minimum Gasteiger partial charge on any atom is -0.310 e. The first-order valence-electron chi connectivity index (χ1n) is 17.4. The van der Waals surface area contributed by atoms with Crippen LogP contribution in [0.3, 0.4) is 0 Å². The number of fused-ring (bicyclic) bond motifs is 5. The van der Waals surface area contributed by atoms with E-state index in [1.54, 1.807) is 0 Å². The van der Waals surface area contributed by atoms with Crippen LogP contribution in [0, 0.1) is 0 Å². The van der Waals surface area contributed by atoms with Crippen molar-refractivity contribution >= 4 is 86.7 Å². The molecule has 51 heavy (non-hydrogen) atoms. The molecule has 3 heterocycles. The number of hydrogen-bond acceptors (Lipinski definition) is 2. The molecule has 0 saturated heterocycles. The highest BCUT2D eigenvalue weighted by Crippen LogP contribution is 2.48. The van der Waals surface area contributed by atoms with Crippen molar-refractivity contribution in [3.05, 3.63) is 182 Å². The Bertz CT molecular complexity index is 3060. The summed E-state index contributed by atoms with van der Waals surface area (Å²) in [5, 5.41) is 7.75. The zero-order valence-electron chi connectivity index (χ0n) is 27.6. The lowest BCUT2D eigenvalue weighted by Crippen LogP contribution is -2.11. The molecule has 0 aliphatic carbocycles. The highest BCUT2D eigenvalue weighted by molar-refractivity contribution is 7.26. The fourth-order valence-corrected chi connectivity index (χ4v) is 9.47. The lowest BCUT2D eigenvalue weighted by Gasteiger charge is -2.28. The fraction of sp³-hybridized carbons (Fsp3) is 0. The molecule has 8 aromatic carbocycles. The van der Waals surface area contributed by atoms with Gasteiger partial charge in [-0.15, -0.1) is 11.3 Å². The molecule has 3 aromatic heterocycles. The number of nitrogens with zero attached hydrogens (tertiary/aromatic N) is 2. The second kappa shape index (κ2) is 11.0. The molecule has 0 unspecified atom stereocenters. The van der Waals surface area contributed by atoms with E-state index in [0.717, 1.165) is 17.1 Å². The van der Waals surface area contributed by atoms with Crippen molar-refractivity contribution in [1.29, 1.82) is 0 Å². The third-order valence-electron chi connectivity index (χ3n) is 10.5. The van der Waals surface area contributed by atoms with Crippen molar-refractivity contribution in [3.8, 4) is 22.3 Å². The first-order chi connectivity index (χ1) is 25.3. The van der Waals surface area contributed by atoms with Crippen LogP contribution in [0.15, 0.2) is 182 Å². The highest BCUT2D eigenvalue weighted by Gasteiger charge is 2.23. The van der Waals surface area contributed by atoms with Gasteiger partial charge in [-0.2, -0.15) is 0 Å². The molecule has 11 rings (SSSR count). The average Bonchev–Trinajstić information content (AvgIpc) is 3.71. The summed E-state index contributed by atoms with van der Waals surface area (Å²) < 4.78 is 5.17. The van der Waals surface area contributed by atoms with Gasteiger partial charge < -0.3 is 9.30 Å². The van der Waals surface area contributed by atoms with Gasteiger partial charge in [-0.25, -0.2) is 0 Å². The lowest BCUT2D eigenvalue weighted by molar-refractivity contribution is 1.29. The molecule has 0 atom stereocenters. The van der Waals surface area contributed by atoms with Crippen molar-refractivity contribution in [1.82, 2.24) is 4.40 Å². The number of anilines is 3. The molecule has 238 valence electrons. The third-order valence-corrected chi connectivity index (χ3v) is 11.6. The molecule has 0 N–H and O–H groups in total. The number of aromatic nitrogens is 1. The van der Waals surface area contributed by atoms with E-state index in [4.69, 9.17) is 0 Å². The standard InChI is InChI=1S/C48H30N2S/c1-3-13-31(14-4-1)32-25-27-34(28-26-32)49(41-20-9-7-17-36(41)33-15-5-2-6-16-33)35-29-39-37-18-8-10-21-42(37)50-43-22-12-24-45-47(43)46-38(40(30-35)48(39)50)19-11-23-44(46)51-45/h1-30H. The zero-order chi connectivity index (χ0) is 33.5. The van der Waals surface area contributed by atoms with Gasteiger partial charge in [-0.3, -0.25) is 0 Å². The molecule has 0 bridgehead atoms. The Hall–Kier alpha value is -6.42. The van der Waals surface area contributed by atoms with Gasteiger partial charge >= 0.3 is 0 Å². The van der Waals surface area contributed by atoms with Gasteiger partial charge in [-0.05, 0) is 76.7 Å². The molecule has 0 fully saturated rings. The molecule has 3 heteroatoms. The molecular weight excluding hydrogens is 637 g/mol. The molecule has 0 spiro atoms. The second-order valence-electron chi connectivity index (χ2n) is 13.3. The molecule has 2 nitrogen and oxygen atoms in total. The molecule has 11 aromatic rings. The van der Waals surface area contributed by atoms with E-state index in [2.05, 4.69) is 191 Å². The predicted molar refractivity (Wildman–Crippen MR) is 220 cm³/mol. The number of thiophene rings is 1. The number of rotatable bonds is 5. The van der Waals surface area contributed by atoms with Gasteiger partial charge in [0.2, 0.25) is 0 Å². The Balaban J connectivity index is 1.28. The minimum atomic E-state index is 1.11. The number of para-hydroxylation sites is 2. The Morgan fingerprint density at radius 2 is 0.980 bits per heavy atom. The van der Waals surface area contributed by atoms with Crippen LogP contribution in [0.1, 0.15) is 0 Å². The average molecular weight is 667 g/mol. The third kappa shape index (κ3) is 4.22. The van der Waals surface area contributed by atoms with Gasteiger partial charge in [0, 0.05) is 53.3 Å². The first-order valence-corrected chi connectivity index (χ1v) is 18.3. The first kappa shape index (κ1) is 28.4. The number of hydrogen-bond donors (Lipinski definition) is 0. The van der Waals surface area contributed by atoms with Gasteiger partial charge in [0.25, 0.3) is 0 Å². The smallest absolute Gasteiger partial charge is 0.0621 e. The second-order valence-corrected chi connectivity index (χ2v) is 14.4. The molecule has 0 aliphatic rings. The fourth-order valence-electron chi connectivity index (χ4n) is 8.32. The van der Waals surface area contributed by atoms with Crippen LogP contribution in [-0.4, -0.2) is 4.40 Å². The summed E-state index contributed by atoms with van der Waals surface area (Å²) in [5.74, 6) is 0. The Morgan fingerprint density at radius 3 is 1.78 bits per heavy atom. The molecule has 0 amide bonds. The van der Waals surface area contributed by atoms with Crippen molar-refractivity contribution < 1.29 is 0 Å². The molecular formula is C48H30N2S. The Kier molecular flexibility index (Phi) is 6.16. The van der Waals surface area contributed by atoms with Crippen LogP contribution < -0.4 is 4.90 Å². The normalized spacial score (nSPS) is 11.9. The van der Waals surface area contributed by atoms with Crippen molar-refractivity contribution in [2.24, 2.45) is 0 Å². The Labute approximate surface area is 299 Å². The van der Waals surface area contributed by atoms with E-state index in [9.17, 15) is 0 Å². The van der Waals surface area contributed by atoms with E-state index in [1.165, 1.54) is 80.5 Å². The van der Waals surface area contributed by atoms with Crippen LogP contribution in [0.4, 0.5) is 17.1 Å². The van der Waals surface area contributed by atoms with Gasteiger partial charge in [0.05, 0.1) is 22.2 Å². The van der Waals surface area contributed by atoms with Crippen molar-refractivity contribution in [3.63, 3.8) is 0 Å². The SMILES string of the molecule is c1ccc(-c2ccc(N(c3cc4c5cccc6sc7cccc(c7c65)n5c6ccccc6c(c3)c45)c3ccccc3-c3ccccc3)cc2)cc1. The summed E-state index contributed by atoms with van der Waals surface area (Å²) in [6.45, 7) is 0. The predicted octanol–water partition coefficient (Wildman–Crippen LogP) is 14.0. The van der Waals surface area contributed by atoms with Gasteiger partial charge in [0.15, 0.2) is 0 Å². The lowest BCUT2D eigenvalue weighted by atomic mass is 9.99. The maximum Gasteiger partial charge on any atom is 0.0621 e. The monoisotopic (exact) mass is 666 g/mol. The van der Waals surface area contributed by atoms with Gasteiger partial charge in [-0.1, -0.05) is 127 Å². The van der Waals surface area contributed by atoms with Crippen LogP contribution >= 0.6 is 11.3 Å². The summed E-state index contributed by atoms with van der Waals surface area (Å²) in [6.07, 6.45) is 0. The van der Waals surface area contributed by atoms with Crippen LogP contribution in [0.2, 0.25) is 0 Å². The van der Waals surface area contributed by atoms with Gasteiger partial charge in [0.1, 0.15) is 0 Å². The summed E-state index contributed by atoms with van der Waals surface area (Å²) in [6, 6.07) is 66.6. The minimum absolute atomic E-state index is 1.11. The highest BCUT2D eigenvalue weighted by atomic mass is 32.1. The van der Waals surface area contributed by atoms with E-state index in [-0.39, 0.29) is 0 Å². The largest absolute Gasteiger partial charge is 0.310 e. The van der Waals surface area contributed by atoms with Crippen LogP contribution in [0.25, 0.3) is 80.5 Å². The van der Waals surface area contributed by atoms with Crippen molar-refractivity contribution in [2.75, 3.05) is 4.90 Å². The summed E-state index contributed by atoms with van der Waals surface area (Å²) >= 11 is 1.89. The quantitative estimate of drug-likeness (QED) is 0.177. The van der Waals surface area contributed by atoms with E-state index < -0.39 is 0 Å². The summed E-state index contributed by atoms with van der Waals surface area (Å²) in [7, 11) is 0. The topological polar surface area (TPSA) is 7.65 Å². The van der Waals surface area contributed by atoms with E-state index in [0.29, 0.717) is 0 Å². The number of benzene rings is 8. The summed E-state index contributed by atoms with van der Waals surface area (Å²) in [5.41, 5.74) is 11.9. The molecule has 0 aliphatic heterocycles. The van der Waals surface area contributed by atoms with Crippen LogP contribution in [-0.2, 0) is 0 Å². The van der Waals surface area contributed by atoms with E-state index >= 15 is 0 Å². The van der Waals surface area contributed by atoms with Crippen molar-refractivity contribution in [2.45, 2.75) is 0 Å². The maximum atomic E-state index is 2.52. The maximum absolute atomic E-state index is 2.52. The molecule has 0 saturated carbocycles. The van der Waals surface area contributed by atoms with Crippen LogP contribution in [0.5, 0.6) is 0 Å². The zero-order valence-corrected chi connectivity index (χ0v) is 28.4. The summed E-state index contributed by atoms with van der Waals surface area (Å²) in [4.78, 5) is 2.46.